The fourth-order valence-electron chi connectivity index (χ4n) is 3.50. The van der Waals surface area contributed by atoms with Crippen LogP contribution in [-0.4, -0.2) is 55.4 Å². The Hall–Kier alpha value is -3.47. The van der Waals surface area contributed by atoms with Crippen LogP contribution in [0.3, 0.4) is 0 Å². The number of nitro benzene ring substituents is 1. The summed E-state index contributed by atoms with van der Waals surface area (Å²) in [5.74, 6) is -0.956. The van der Waals surface area contributed by atoms with E-state index in [1.165, 1.54) is 23.1 Å². The molecule has 0 aliphatic heterocycles. The molecule has 0 aliphatic rings. The zero-order valence-electron chi connectivity index (χ0n) is 20.4. The van der Waals surface area contributed by atoms with Gasteiger partial charge in [-0.05, 0) is 31.9 Å². The van der Waals surface area contributed by atoms with E-state index in [4.69, 9.17) is 0 Å². The van der Waals surface area contributed by atoms with Crippen LogP contribution in [0.1, 0.15) is 37.8 Å². The third-order valence-electron chi connectivity index (χ3n) is 5.44. The second-order valence-electron chi connectivity index (χ2n) is 8.38. The highest BCUT2D eigenvalue weighted by molar-refractivity contribution is 7.92. The number of sulfonamides is 1. The van der Waals surface area contributed by atoms with Gasteiger partial charge in [-0.2, -0.15) is 0 Å². The molecule has 0 heterocycles. The van der Waals surface area contributed by atoms with Crippen LogP contribution in [0.15, 0.2) is 48.5 Å². The number of amides is 2. The third-order valence-corrected chi connectivity index (χ3v) is 6.58. The second-order valence-corrected chi connectivity index (χ2v) is 10.3. The van der Waals surface area contributed by atoms with Crippen molar-refractivity contribution in [3.05, 3.63) is 69.8 Å². The van der Waals surface area contributed by atoms with Crippen molar-refractivity contribution < 1.29 is 22.9 Å². The number of nitrogens with one attached hydrogen (secondary N) is 1. The van der Waals surface area contributed by atoms with E-state index in [1.807, 2.05) is 38.1 Å². The molecule has 11 heteroatoms. The Morgan fingerprint density at radius 1 is 1.14 bits per heavy atom. The number of benzene rings is 2. The molecule has 0 aromatic heterocycles. The molecule has 0 fully saturated rings. The van der Waals surface area contributed by atoms with E-state index >= 15 is 0 Å². The Labute approximate surface area is 206 Å². The van der Waals surface area contributed by atoms with Crippen molar-refractivity contribution in [1.29, 1.82) is 0 Å². The highest BCUT2D eigenvalue weighted by Crippen LogP contribution is 2.24. The summed E-state index contributed by atoms with van der Waals surface area (Å²) in [7, 11) is -3.97. The summed E-state index contributed by atoms with van der Waals surface area (Å²) in [4.78, 5) is 38.1. The zero-order chi connectivity index (χ0) is 26.2. The van der Waals surface area contributed by atoms with Gasteiger partial charge in [-0.3, -0.25) is 24.0 Å². The van der Waals surface area contributed by atoms with Crippen molar-refractivity contribution in [2.24, 2.45) is 0 Å². The largest absolute Gasteiger partial charge is 0.354 e. The first-order chi connectivity index (χ1) is 16.4. The van der Waals surface area contributed by atoms with Crippen LogP contribution in [0, 0.1) is 17.0 Å². The van der Waals surface area contributed by atoms with Gasteiger partial charge in [0.25, 0.3) is 5.69 Å². The van der Waals surface area contributed by atoms with Crippen LogP contribution in [0.2, 0.25) is 0 Å². The average Bonchev–Trinajstić information content (AvgIpc) is 2.79. The molecule has 35 heavy (non-hydrogen) atoms. The van der Waals surface area contributed by atoms with Gasteiger partial charge >= 0.3 is 0 Å². The van der Waals surface area contributed by atoms with Crippen LogP contribution in [0.5, 0.6) is 0 Å². The zero-order valence-corrected chi connectivity index (χ0v) is 21.2. The molecule has 2 rings (SSSR count). The number of carbonyl (C=O) groups is 2. The number of hydrogen-bond donors (Lipinski definition) is 1. The maximum absolute atomic E-state index is 13.5. The van der Waals surface area contributed by atoms with Crippen molar-refractivity contribution in [2.45, 2.75) is 46.2 Å². The first-order valence-corrected chi connectivity index (χ1v) is 13.1. The molecule has 0 spiro atoms. The minimum absolute atomic E-state index is 0.00870. The van der Waals surface area contributed by atoms with Gasteiger partial charge < -0.3 is 10.2 Å². The lowest BCUT2D eigenvalue weighted by molar-refractivity contribution is -0.384. The number of carbonyl (C=O) groups excluding carboxylic acids is 2. The SMILES string of the molecule is CCCCNC(=O)C(C)N(Cc1cccc(C)c1)C(=O)CN(c1cccc([N+](=O)[O-])c1)S(C)(=O)=O. The van der Waals surface area contributed by atoms with Crippen molar-refractivity contribution in [3.63, 3.8) is 0 Å². The van der Waals surface area contributed by atoms with Crippen molar-refractivity contribution in [2.75, 3.05) is 23.7 Å². The quantitative estimate of drug-likeness (QED) is 0.269. The van der Waals surface area contributed by atoms with Gasteiger partial charge in [-0.15, -0.1) is 0 Å². The number of nitro groups is 1. The maximum Gasteiger partial charge on any atom is 0.271 e. The highest BCUT2D eigenvalue weighted by Gasteiger charge is 2.30. The smallest absolute Gasteiger partial charge is 0.271 e. The summed E-state index contributed by atoms with van der Waals surface area (Å²) in [5, 5.41) is 14.0. The topological polar surface area (TPSA) is 130 Å². The van der Waals surface area contributed by atoms with E-state index < -0.39 is 33.4 Å². The van der Waals surface area contributed by atoms with Crippen LogP contribution in [-0.2, 0) is 26.2 Å². The number of hydrogen-bond acceptors (Lipinski definition) is 6. The summed E-state index contributed by atoms with van der Waals surface area (Å²) in [6.07, 6.45) is 2.61. The van der Waals surface area contributed by atoms with E-state index in [0.717, 1.165) is 40.6 Å². The van der Waals surface area contributed by atoms with E-state index in [2.05, 4.69) is 5.32 Å². The standard InChI is InChI=1S/C24H32N4O6S/c1-5-6-13-25-24(30)19(3)26(16-20-10-7-9-18(2)14-20)23(29)17-27(35(4,33)34)21-11-8-12-22(15-21)28(31)32/h7-12,14-15,19H,5-6,13,16-17H2,1-4H3,(H,25,30). The lowest BCUT2D eigenvalue weighted by Gasteiger charge is -2.31. The lowest BCUT2D eigenvalue weighted by Crippen LogP contribution is -2.51. The summed E-state index contributed by atoms with van der Waals surface area (Å²) >= 11 is 0. The number of aryl methyl sites for hydroxylation is 1. The van der Waals surface area contributed by atoms with Gasteiger partial charge in [0.1, 0.15) is 12.6 Å². The summed E-state index contributed by atoms with van der Waals surface area (Å²) in [6.45, 7) is 5.44. The highest BCUT2D eigenvalue weighted by atomic mass is 32.2. The van der Waals surface area contributed by atoms with Gasteiger partial charge in [0.15, 0.2) is 0 Å². The van der Waals surface area contributed by atoms with E-state index in [1.54, 1.807) is 6.92 Å². The van der Waals surface area contributed by atoms with Crippen LogP contribution in [0.25, 0.3) is 0 Å². The van der Waals surface area contributed by atoms with Crippen molar-refractivity contribution in [3.8, 4) is 0 Å². The molecule has 1 N–H and O–H groups in total. The van der Waals surface area contributed by atoms with Crippen LogP contribution >= 0.6 is 0 Å². The number of unbranched alkanes of at least 4 members (excludes halogenated alkanes) is 1. The first-order valence-electron chi connectivity index (χ1n) is 11.3. The fraction of sp³-hybridized carbons (Fsp3) is 0.417. The van der Waals surface area contributed by atoms with Crippen LogP contribution in [0.4, 0.5) is 11.4 Å². The number of nitrogens with zero attached hydrogens (tertiary/aromatic N) is 3. The van der Waals surface area contributed by atoms with Gasteiger partial charge in [0.05, 0.1) is 16.9 Å². The molecule has 2 amide bonds. The molecular formula is C24H32N4O6S. The van der Waals surface area contributed by atoms with E-state index in [9.17, 15) is 28.1 Å². The molecule has 2 aromatic carbocycles. The number of anilines is 1. The fourth-order valence-corrected chi connectivity index (χ4v) is 4.34. The Morgan fingerprint density at radius 3 is 2.43 bits per heavy atom. The molecule has 0 radical (unpaired) electrons. The molecule has 0 saturated carbocycles. The van der Waals surface area contributed by atoms with E-state index in [-0.39, 0.29) is 23.8 Å². The molecule has 2 aromatic rings. The summed E-state index contributed by atoms with van der Waals surface area (Å²) < 4.78 is 25.9. The van der Waals surface area contributed by atoms with Crippen molar-refractivity contribution >= 4 is 33.2 Å². The molecule has 10 nitrogen and oxygen atoms in total. The Morgan fingerprint density at radius 2 is 1.83 bits per heavy atom. The van der Waals surface area contributed by atoms with E-state index in [0.29, 0.717) is 6.54 Å². The van der Waals surface area contributed by atoms with Gasteiger partial charge in [0, 0.05) is 25.2 Å². The van der Waals surface area contributed by atoms with Gasteiger partial charge in [0.2, 0.25) is 21.8 Å². The monoisotopic (exact) mass is 504 g/mol. The third kappa shape index (κ3) is 8.06. The first kappa shape index (κ1) is 27.8. The molecule has 1 unspecified atom stereocenters. The summed E-state index contributed by atoms with van der Waals surface area (Å²) in [5.41, 5.74) is 1.45. The lowest BCUT2D eigenvalue weighted by atomic mass is 10.1. The molecule has 0 aliphatic carbocycles. The summed E-state index contributed by atoms with van der Waals surface area (Å²) in [6, 6.07) is 11.7. The molecule has 190 valence electrons. The maximum atomic E-state index is 13.5. The van der Waals surface area contributed by atoms with Gasteiger partial charge in [-0.25, -0.2) is 8.42 Å². The number of rotatable bonds is 12. The minimum atomic E-state index is -3.97. The molecule has 0 saturated heterocycles. The average molecular weight is 505 g/mol. The minimum Gasteiger partial charge on any atom is -0.354 e. The number of non-ortho nitro benzene ring substituents is 1. The Bertz CT molecular complexity index is 1170. The van der Waals surface area contributed by atoms with Crippen molar-refractivity contribution in [1.82, 2.24) is 10.2 Å². The van der Waals surface area contributed by atoms with Crippen LogP contribution < -0.4 is 9.62 Å². The molecule has 0 bridgehead atoms. The normalized spacial score (nSPS) is 12.0. The predicted molar refractivity (Wildman–Crippen MR) is 134 cm³/mol. The Kier molecular flexibility index (Phi) is 9.76. The van der Waals surface area contributed by atoms with Gasteiger partial charge in [-0.1, -0.05) is 49.2 Å². The second kappa shape index (κ2) is 12.3. The molecule has 1 atom stereocenters. The Balaban J connectivity index is 2.39. The molecular weight excluding hydrogens is 472 g/mol. The predicted octanol–water partition coefficient (Wildman–Crippen LogP) is 3.00.